The maximum Gasteiger partial charge on any atom is 0.362 e. The first kappa shape index (κ1) is 19.6. The van der Waals surface area contributed by atoms with E-state index in [1.54, 1.807) is 0 Å². The van der Waals surface area contributed by atoms with Crippen molar-refractivity contribution in [3.8, 4) is 0 Å². The molecule has 2 unspecified atom stereocenters. The summed E-state index contributed by atoms with van der Waals surface area (Å²) in [6, 6.07) is -1.92. The summed E-state index contributed by atoms with van der Waals surface area (Å²) in [5, 5.41) is 28.1. The number of carboxylic acids is 2. The molecule has 0 aromatic heterocycles. The molecule has 6 nitrogen and oxygen atoms in total. The van der Waals surface area contributed by atoms with Gasteiger partial charge in [-0.3, -0.25) is 4.48 Å². The molecule has 0 bridgehead atoms. The van der Waals surface area contributed by atoms with Gasteiger partial charge in [-0.25, -0.2) is 9.59 Å². The number of allylic oxidation sites excluding steroid dienone is 2. The Bertz CT molecular complexity index is 347. The van der Waals surface area contributed by atoms with Gasteiger partial charge in [0.1, 0.15) is 0 Å². The second kappa shape index (κ2) is 9.52. The Morgan fingerprint density at radius 2 is 1.57 bits per heavy atom. The van der Waals surface area contributed by atoms with E-state index in [-0.39, 0.29) is 4.48 Å². The Labute approximate surface area is 126 Å². The van der Waals surface area contributed by atoms with Crippen LogP contribution < -0.4 is 0 Å². The minimum absolute atomic E-state index is 0.339. The number of rotatable bonds is 11. The maximum atomic E-state index is 11.3. The van der Waals surface area contributed by atoms with E-state index in [9.17, 15) is 24.9 Å². The summed E-state index contributed by atoms with van der Waals surface area (Å²) < 4.78 is -0.339. The van der Waals surface area contributed by atoms with Gasteiger partial charge in [-0.1, -0.05) is 12.2 Å². The summed E-state index contributed by atoms with van der Waals surface area (Å²) in [6.45, 7) is 4.72. The van der Waals surface area contributed by atoms with Crippen molar-refractivity contribution in [1.82, 2.24) is 0 Å². The second-order valence-electron chi connectivity index (χ2n) is 5.41. The Morgan fingerprint density at radius 3 is 1.95 bits per heavy atom. The van der Waals surface area contributed by atoms with E-state index in [2.05, 4.69) is 6.08 Å². The number of aliphatic carboxylic acids is 2. The van der Waals surface area contributed by atoms with Gasteiger partial charge in [-0.2, -0.15) is 0 Å². The molecule has 0 heterocycles. The molecule has 0 radical (unpaired) electrons. The number of carbonyl (C=O) groups is 2. The molecule has 0 aromatic carbocycles. The number of nitrogens with zero attached hydrogens (tertiary/aromatic N) is 1. The van der Waals surface area contributed by atoms with Crippen molar-refractivity contribution < 1.29 is 29.4 Å². The predicted octanol–water partition coefficient (Wildman–Crippen LogP) is 1.84. The molecule has 0 aromatic rings. The van der Waals surface area contributed by atoms with Crippen LogP contribution >= 0.6 is 0 Å². The van der Waals surface area contributed by atoms with Gasteiger partial charge in [0, 0.05) is 0 Å². The third kappa shape index (κ3) is 5.47. The monoisotopic (exact) mass is 302 g/mol. The molecule has 2 atom stereocenters. The highest BCUT2D eigenvalue weighted by Gasteiger charge is 2.45. The number of aliphatic hydroxyl groups is 1. The van der Waals surface area contributed by atoms with Crippen LogP contribution in [-0.2, 0) is 9.59 Å². The lowest BCUT2D eigenvalue weighted by Crippen LogP contribution is -2.65. The molecule has 0 saturated carbocycles. The van der Waals surface area contributed by atoms with Crippen molar-refractivity contribution in [2.24, 2.45) is 0 Å². The number of hydrogen-bond acceptors (Lipinski definition) is 3. The molecule has 0 spiro atoms. The van der Waals surface area contributed by atoms with Crippen molar-refractivity contribution in [2.75, 3.05) is 13.3 Å². The van der Waals surface area contributed by atoms with Crippen molar-refractivity contribution in [1.29, 1.82) is 0 Å². The van der Waals surface area contributed by atoms with Crippen LogP contribution in [0.3, 0.4) is 0 Å². The predicted molar refractivity (Wildman–Crippen MR) is 79.7 cm³/mol. The SMILES string of the molecule is C/C=C/CCCCC[N+](CO)(C(C)C(=O)O)C(C)C(=O)O. The average Bonchev–Trinajstić information content (AvgIpc) is 2.45. The summed E-state index contributed by atoms with van der Waals surface area (Å²) in [5.41, 5.74) is 0. The average molecular weight is 302 g/mol. The Balaban J connectivity index is 4.87. The van der Waals surface area contributed by atoms with Gasteiger partial charge in [0.15, 0.2) is 18.8 Å². The smallest absolute Gasteiger partial charge is 0.362 e. The van der Waals surface area contributed by atoms with Gasteiger partial charge >= 0.3 is 11.9 Å². The molecule has 0 aliphatic rings. The van der Waals surface area contributed by atoms with Gasteiger partial charge in [0.25, 0.3) is 0 Å². The summed E-state index contributed by atoms with van der Waals surface area (Å²) in [4.78, 5) is 22.6. The van der Waals surface area contributed by atoms with Gasteiger partial charge in [0.2, 0.25) is 0 Å². The molecule has 0 amide bonds. The van der Waals surface area contributed by atoms with Gasteiger partial charge in [-0.05, 0) is 46.5 Å². The third-order valence-corrected chi connectivity index (χ3v) is 4.20. The van der Waals surface area contributed by atoms with Crippen LogP contribution in [0.1, 0.15) is 46.5 Å². The fourth-order valence-electron chi connectivity index (χ4n) is 2.49. The molecule has 0 aliphatic heterocycles. The molecule has 3 N–H and O–H groups in total. The van der Waals surface area contributed by atoms with Gasteiger partial charge in [0.05, 0.1) is 6.54 Å². The number of carboxylic acid groups (broad SMARTS) is 2. The van der Waals surface area contributed by atoms with Crippen LogP contribution in [0.2, 0.25) is 0 Å². The molecule has 6 heteroatoms. The Kier molecular flexibility index (Phi) is 8.89. The highest BCUT2D eigenvalue weighted by Crippen LogP contribution is 2.22. The lowest BCUT2D eigenvalue weighted by molar-refractivity contribution is -0.971. The standard InChI is InChI=1S/C15H27NO5/c1-4-5-6-7-8-9-10-16(11-17,12(2)14(18)19)13(3)15(20)21/h4-5,12-13,17H,6-11H2,1-3H3,(H-,18,19,20,21)/p+1/b5-4+. The number of unbranched alkanes of at least 4 members (excludes halogenated alkanes) is 3. The van der Waals surface area contributed by atoms with Crippen molar-refractivity contribution >= 4 is 11.9 Å². The van der Waals surface area contributed by atoms with Crippen molar-refractivity contribution in [2.45, 2.75) is 58.5 Å². The fourth-order valence-corrected chi connectivity index (χ4v) is 2.49. The molecule has 21 heavy (non-hydrogen) atoms. The van der Waals surface area contributed by atoms with Crippen LogP contribution in [0.25, 0.3) is 0 Å². The van der Waals surface area contributed by atoms with Crippen LogP contribution in [0.5, 0.6) is 0 Å². The fraction of sp³-hybridized carbons (Fsp3) is 0.733. The molecular weight excluding hydrogens is 274 g/mol. The molecule has 0 fully saturated rings. The minimum atomic E-state index is -1.09. The third-order valence-electron chi connectivity index (χ3n) is 4.20. The molecule has 0 rings (SSSR count). The van der Waals surface area contributed by atoms with E-state index in [4.69, 9.17) is 0 Å². The zero-order chi connectivity index (χ0) is 16.5. The Morgan fingerprint density at radius 1 is 1.05 bits per heavy atom. The van der Waals surface area contributed by atoms with E-state index in [1.165, 1.54) is 13.8 Å². The molecule has 0 aliphatic carbocycles. The van der Waals surface area contributed by atoms with Crippen LogP contribution in [0.4, 0.5) is 0 Å². The van der Waals surface area contributed by atoms with E-state index >= 15 is 0 Å². The zero-order valence-corrected chi connectivity index (χ0v) is 13.2. The maximum absolute atomic E-state index is 11.3. The number of quaternary nitrogens is 1. The van der Waals surface area contributed by atoms with Crippen LogP contribution in [-0.4, -0.2) is 57.1 Å². The zero-order valence-electron chi connectivity index (χ0n) is 13.2. The quantitative estimate of drug-likeness (QED) is 0.234. The topological polar surface area (TPSA) is 94.8 Å². The van der Waals surface area contributed by atoms with E-state index in [0.717, 1.165) is 19.3 Å². The summed E-state index contributed by atoms with van der Waals surface area (Å²) in [6.07, 6.45) is 7.54. The van der Waals surface area contributed by atoms with Crippen molar-refractivity contribution in [3.05, 3.63) is 12.2 Å². The van der Waals surface area contributed by atoms with Gasteiger partial charge < -0.3 is 15.3 Å². The van der Waals surface area contributed by atoms with Crippen LogP contribution in [0, 0.1) is 0 Å². The first-order valence-corrected chi connectivity index (χ1v) is 7.37. The molecule has 122 valence electrons. The molecule has 0 saturated heterocycles. The van der Waals surface area contributed by atoms with E-state index in [0.29, 0.717) is 13.0 Å². The lowest BCUT2D eigenvalue weighted by Gasteiger charge is -2.42. The number of aliphatic hydroxyl groups excluding tert-OH is 1. The normalized spacial score (nSPS) is 17.3. The second-order valence-corrected chi connectivity index (χ2v) is 5.41. The summed E-state index contributed by atoms with van der Waals surface area (Å²) >= 11 is 0. The van der Waals surface area contributed by atoms with Crippen LogP contribution in [0.15, 0.2) is 12.2 Å². The largest absolute Gasteiger partial charge is 0.477 e. The van der Waals surface area contributed by atoms with E-state index in [1.807, 2.05) is 13.0 Å². The summed E-state index contributed by atoms with van der Waals surface area (Å²) in [5.74, 6) is -2.18. The minimum Gasteiger partial charge on any atom is -0.477 e. The Hall–Kier alpha value is -1.40. The van der Waals surface area contributed by atoms with Gasteiger partial charge in [-0.15, -0.1) is 0 Å². The van der Waals surface area contributed by atoms with E-state index < -0.39 is 30.8 Å². The first-order valence-electron chi connectivity index (χ1n) is 7.37. The number of hydrogen-bond donors (Lipinski definition) is 3. The molecular formula is C15H28NO5+. The highest BCUT2D eigenvalue weighted by atomic mass is 16.4. The summed E-state index contributed by atoms with van der Waals surface area (Å²) in [7, 11) is 0. The lowest BCUT2D eigenvalue weighted by atomic mass is 10.1. The first-order chi connectivity index (χ1) is 9.83. The van der Waals surface area contributed by atoms with Crippen molar-refractivity contribution in [3.63, 3.8) is 0 Å². The highest BCUT2D eigenvalue weighted by molar-refractivity contribution is 5.74.